The zero-order valence-corrected chi connectivity index (χ0v) is 14.0. The molecule has 0 radical (unpaired) electrons. The van der Waals surface area contributed by atoms with Gasteiger partial charge in [0.05, 0.1) is 18.8 Å². The van der Waals surface area contributed by atoms with Crippen LogP contribution in [0.1, 0.15) is 22.6 Å². The van der Waals surface area contributed by atoms with Gasteiger partial charge in [-0.05, 0) is 31.9 Å². The average Bonchev–Trinajstić information content (AvgIpc) is 3.11. The Morgan fingerprint density at radius 1 is 1.59 bits per heavy atom. The van der Waals surface area contributed by atoms with Crippen LogP contribution < -0.4 is 0 Å². The number of thiophene rings is 1. The number of aliphatic hydroxyl groups excluding tert-OH is 1. The summed E-state index contributed by atoms with van der Waals surface area (Å²) in [6.07, 6.45) is 7.12. The van der Waals surface area contributed by atoms with Crippen molar-refractivity contribution in [2.45, 2.75) is 38.5 Å². The van der Waals surface area contributed by atoms with Gasteiger partial charge in [0, 0.05) is 36.0 Å². The molecule has 4 nitrogen and oxygen atoms in total. The number of nitrogens with zero attached hydrogens (tertiary/aromatic N) is 1. The lowest BCUT2D eigenvalue weighted by Gasteiger charge is -2.26. The van der Waals surface area contributed by atoms with Crippen LogP contribution in [0.15, 0.2) is 12.1 Å². The molecule has 0 aliphatic carbocycles. The van der Waals surface area contributed by atoms with E-state index < -0.39 is 6.10 Å². The Labute approximate surface area is 137 Å². The molecule has 22 heavy (non-hydrogen) atoms. The Hall–Kier alpha value is -0.900. The molecule has 1 N–H and O–H groups in total. The zero-order chi connectivity index (χ0) is 15.8. The van der Waals surface area contributed by atoms with Gasteiger partial charge < -0.3 is 14.6 Å². The third-order valence-corrected chi connectivity index (χ3v) is 4.61. The number of aryl methyl sites for hydroxylation is 1. The maximum atomic E-state index is 10.1. The van der Waals surface area contributed by atoms with Crippen molar-refractivity contribution in [2.75, 3.05) is 32.9 Å². The Morgan fingerprint density at radius 2 is 2.45 bits per heavy atom. The SMILES string of the molecule is C#CCOC[C@@H](O)CN(Cc1ccc(C)s1)C[C@H]1CCCO1. The highest BCUT2D eigenvalue weighted by Gasteiger charge is 2.21. The molecule has 0 amide bonds. The summed E-state index contributed by atoms with van der Waals surface area (Å²) in [4.78, 5) is 4.88. The van der Waals surface area contributed by atoms with Gasteiger partial charge in [-0.3, -0.25) is 4.90 Å². The number of rotatable bonds is 9. The fourth-order valence-corrected chi connectivity index (χ4v) is 3.61. The van der Waals surface area contributed by atoms with Crippen LogP contribution in [0.3, 0.4) is 0 Å². The van der Waals surface area contributed by atoms with Crippen LogP contribution in [0.5, 0.6) is 0 Å². The van der Waals surface area contributed by atoms with Crippen molar-refractivity contribution < 1.29 is 14.6 Å². The van der Waals surface area contributed by atoms with E-state index in [0.717, 1.165) is 32.5 Å². The highest BCUT2D eigenvalue weighted by Crippen LogP contribution is 2.19. The van der Waals surface area contributed by atoms with Gasteiger partial charge >= 0.3 is 0 Å². The first-order valence-electron chi connectivity index (χ1n) is 7.76. The first-order valence-corrected chi connectivity index (χ1v) is 8.57. The predicted molar refractivity (Wildman–Crippen MR) is 89.0 cm³/mol. The Kier molecular flexibility index (Phi) is 7.37. The lowest BCUT2D eigenvalue weighted by Crippen LogP contribution is -2.39. The topological polar surface area (TPSA) is 41.9 Å². The first kappa shape index (κ1) is 17.5. The lowest BCUT2D eigenvalue weighted by molar-refractivity contribution is 0.00982. The molecule has 0 unspecified atom stereocenters. The first-order chi connectivity index (χ1) is 10.7. The minimum absolute atomic E-state index is 0.243. The van der Waals surface area contributed by atoms with Gasteiger partial charge in [0.15, 0.2) is 0 Å². The minimum atomic E-state index is -0.532. The van der Waals surface area contributed by atoms with E-state index in [-0.39, 0.29) is 19.3 Å². The van der Waals surface area contributed by atoms with Gasteiger partial charge in [-0.2, -0.15) is 0 Å². The van der Waals surface area contributed by atoms with Gasteiger partial charge in [0.25, 0.3) is 0 Å². The summed E-state index contributed by atoms with van der Waals surface area (Å²) in [6.45, 7) is 5.74. The average molecular weight is 323 g/mol. The molecule has 1 aromatic heterocycles. The molecule has 0 spiro atoms. The number of ether oxygens (including phenoxy) is 2. The van der Waals surface area contributed by atoms with E-state index >= 15 is 0 Å². The molecule has 1 saturated heterocycles. The summed E-state index contributed by atoms with van der Waals surface area (Å²) in [5.41, 5.74) is 0. The van der Waals surface area contributed by atoms with Crippen molar-refractivity contribution in [2.24, 2.45) is 0 Å². The molecule has 5 heteroatoms. The number of hydrogen-bond acceptors (Lipinski definition) is 5. The van der Waals surface area contributed by atoms with E-state index in [1.165, 1.54) is 9.75 Å². The van der Waals surface area contributed by atoms with Gasteiger partial charge in [0.2, 0.25) is 0 Å². The van der Waals surface area contributed by atoms with Crippen molar-refractivity contribution in [3.63, 3.8) is 0 Å². The summed E-state index contributed by atoms with van der Waals surface area (Å²) < 4.78 is 11.0. The second-order valence-electron chi connectivity index (χ2n) is 5.71. The number of aliphatic hydroxyl groups is 1. The summed E-state index contributed by atoms with van der Waals surface area (Å²) in [6, 6.07) is 4.29. The monoisotopic (exact) mass is 323 g/mol. The van der Waals surface area contributed by atoms with E-state index in [9.17, 15) is 5.11 Å². The molecule has 2 atom stereocenters. The minimum Gasteiger partial charge on any atom is -0.389 e. The molecular weight excluding hydrogens is 298 g/mol. The van der Waals surface area contributed by atoms with Crippen LogP contribution in [0.2, 0.25) is 0 Å². The molecule has 0 bridgehead atoms. The van der Waals surface area contributed by atoms with Gasteiger partial charge in [-0.1, -0.05) is 5.92 Å². The highest BCUT2D eigenvalue weighted by atomic mass is 32.1. The van der Waals surface area contributed by atoms with E-state index in [2.05, 4.69) is 29.9 Å². The van der Waals surface area contributed by atoms with Crippen molar-refractivity contribution in [3.8, 4) is 12.3 Å². The van der Waals surface area contributed by atoms with E-state index in [4.69, 9.17) is 15.9 Å². The van der Waals surface area contributed by atoms with E-state index in [1.54, 1.807) is 11.3 Å². The normalized spacial score (nSPS) is 19.5. The quantitative estimate of drug-likeness (QED) is 0.558. The Morgan fingerprint density at radius 3 is 3.09 bits per heavy atom. The van der Waals surface area contributed by atoms with Crippen molar-refractivity contribution >= 4 is 11.3 Å². The molecule has 1 fully saturated rings. The third kappa shape index (κ3) is 6.07. The van der Waals surface area contributed by atoms with Crippen molar-refractivity contribution in [1.29, 1.82) is 0 Å². The van der Waals surface area contributed by atoms with Crippen molar-refractivity contribution in [3.05, 3.63) is 21.9 Å². The molecule has 1 aromatic rings. The van der Waals surface area contributed by atoms with Crippen molar-refractivity contribution in [1.82, 2.24) is 4.90 Å². The van der Waals surface area contributed by atoms with Crippen LogP contribution >= 0.6 is 11.3 Å². The summed E-state index contributed by atoms with van der Waals surface area (Å²) in [7, 11) is 0. The van der Waals surface area contributed by atoms with Crippen LogP contribution in [0.4, 0.5) is 0 Å². The maximum Gasteiger partial charge on any atom is 0.107 e. The number of terminal acetylenes is 1. The van der Waals surface area contributed by atoms with Gasteiger partial charge in [0.1, 0.15) is 6.61 Å². The molecule has 122 valence electrons. The maximum absolute atomic E-state index is 10.1. The molecule has 2 heterocycles. The largest absolute Gasteiger partial charge is 0.389 e. The Bertz CT molecular complexity index is 476. The van der Waals surface area contributed by atoms with Crippen LogP contribution in [0, 0.1) is 19.3 Å². The second kappa shape index (κ2) is 9.29. The molecular formula is C17H25NO3S. The molecule has 1 aliphatic heterocycles. The molecule has 0 aromatic carbocycles. The predicted octanol–water partition coefficient (Wildman–Crippen LogP) is 2.05. The van der Waals surface area contributed by atoms with Crippen LogP contribution in [-0.2, 0) is 16.0 Å². The smallest absolute Gasteiger partial charge is 0.107 e. The second-order valence-corrected chi connectivity index (χ2v) is 7.09. The fraction of sp³-hybridized carbons (Fsp3) is 0.647. The summed E-state index contributed by atoms with van der Waals surface area (Å²) in [5.74, 6) is 2.41. The van der Waals surface area contributed by atoms with E-state index in [1.807, 2.05) is 0 Å². The summed E-state index contributed by atoms with van der Waals surface area (Å²) >= 11 is 1.80. The number of hydrogen-bond donors (Lipinski definition) is 1. The third-order valence-electron chi connectivity index (χ3n) is 3.63. The molecule has 0 saturated carbocycles. The zero-order valence-electron chi connectivity index (χ0n) is 13.2. The van der Waals surface area contributed by atoms with Crippen LogP contribution in [0.25, 0.3) is 0 Å². The van der Waals surface area contributed by atoms with E-state index in [0.29, 0.717) is 6.54 Å². The Balaban J connectivity index is 1.87. The highest BCUT2D eigenvalue weighted by molar-refractivity contribution is 7.11. The fourth-order valence-electron chi connectivity index (χ4n) is 2.68. The summed E-state index contributed by atoms with van der Waals surface area (Å²) in [5, 5.41) is 10.1. The standard InChI is InChI=1S/C17H25NO3S/c1-3-8-20-13-15(19)10-18(11-16-5-4-9-21-16)12-17-7-6-14(2)22-17/h1,6-7,15-16,19H,4-5,8-13H2,2H3/t15-,16+/m0/s1. The lowest BCUT2D eigenvalue weighted by atomic mass is 10.2. The molecule has 2 rings (SSSR count). The van der Waals surface area contributed by atoms with Crippen LogP contribution in [-0.4, -0.2) is 55.1 Å². The van der Waals surface area contributed by atoms with Gasteiger partial charge in [-0.25, -0.2) is 0 Å². The molecule has 1 aliphatic rings. The van der Waals surface area contributed by atoms with Gasteiger partial charge in [-0.15, -0.1) is 17.8 Å².